The largest absolute Gasteiger partial charge is 0.393 e. The Morgan fingerprint density at radius 2 is 1.89 bits per heavy atom. The lowest BCUT2D eigenvalue weighted by molar-refractivity contribution is -0.0422. The molecule has 3 heteroatoms. The monoisotopic (exact) mass is 269 g/mol. The Morgan fingerprint density at radius 3 is 2.63 bits per heavy atom. The predicted molar refractivity (Wildman–Crippen MR) is 74.8 cm³/mol. The first-order valence-electron chi connectivity index (χ1n) is 8.21. The van der Waals surface area contributed by atoms with E-state index in [0.29, 0.717) is 11.5 Å². The molecule has 0 aromatic carbocycles. The fraction of sp³-hybridized carbons (Fsp3) is 1.00. The van der Waals surface area contributed by atoms with Crippen LogP contribution in [0.25, 0.3) is 0 Å². The van der Waals surface area contributed by atoms with Gasteiger partial charge in [0, 0.05) is 18.5 Å². The molecule has 0 amide bonds. The van der Waals surface area contributed by atoms with Gasteiger partial charge in [-0.3, -0.25) is 9.29 Å². The Hall–Kier alpha value is -0.150. The van der Waals surface area contributed by atoms with E-state index < -0.39 is 0 Å². The first-order chi connectivity index (χ1) is 9.23. The van der Waals surface area contributed by atoms with Gasteiger partial charge in [0.15, 0.2) is 0 Å². The second kappa shape index (κ2) is 5.69. The van der Waals surface area contributed by atoms with E-state index >= 15 is 0 Å². The van der Waals surface area contributed by atoms with Gasteiger partial charge in [0.1, 0.15) is 0 Å². The fourth-order valence-electron chi connectivity index (χ4n) is 4.95. The lowest BCUT2D eigenvalue weighted by Crippen LogP contribution is -2.54. The minimum atomic E-state index is -0.168. The molecule has 2 saturated carbocycles. The van der Waals surface area contributed by atoms with Crippen molar-refractivity contribution in [3.8, 4) is 0 Å². The third-order valence-electron chi connectivity index (χ3n) is 5.99. The van der Waals surface area contributed by atoms with Gasteiger partial charge in [-0.2, -0.15) is 0 Å². The summed E-state index contributed by atoms with van der Waals surface area (Å²) in [5, 5.41) is 10.1. The van der Waals surface area contributed by atoms with Gasteiger partial charge in [-0.25, -0.2) is 0 Å². The van der Waals surface area contributed by atoms with Crippen LogP contribution in [0, 0.1) is 11.3 Å². The van der Waals surface area contributed by atoms with Crippen LogP contribution >= 0.6 is 0 Å². The van der Waals surface area contributed by atoms with E-state index in [-0.39, 0.29) is 18.7 Å². The molecule has 1 aliphatic heterocycles. The van der Waals surface area contributed by atoms with E-state index in [1.165, 1.54) is 32.1 Å². The maximum atomic E-state index is 13.0. The molecule has 0 radical (unpaired) electrons. The van der Waals surface area contributed by atoms with Crippen LogP contribution in [0.1, 0.15) is 57.8 Å². The molecule has 3 rings (SSSR count). The summed E-state index contributed by atoms with van der Waals surface area (Å²) in [6.07, 6.45) is 10.5. The number of aliphatic hydroxyl groups excluding tert-OH is 1. The average molecular weight is 269 g/mol. The van der Waals surface area contributed by atoms with Crippen molar-refractivity contribution < 1.29 is 9.50 Å². The standard InChI is InChI=1S/C16H28FNO/c17-11-13-4-3-9-18(12-13)15-10-14(19)5-8-16(15)6-1-2-7-16/h13-15,19H,1-12H2. The van der Waals surface area contributed by atoms with Crippen LogP contribution in [-0.2, 0) is 0 Å². The molecule has 3 unspecified atom stereocenters. The number of halogens is 1. The number of rotatable bonds is 2. The maximum Gasteiger partial charge on any atom is 0.0934 e. The van der Waals surface area contributed by atoms with Crippen LogP contribution in [-0.4, -0.2) is 41.9 Å². The number of likely N-dealkylation sites (tertiary alicyclic amines) is 1. The second-order valence-electron chi connectivity index (χ2n) is 7.17. The number of aliphatic hydroxyl groups is 1. The Labute approximate surface area is 116 Å². The van der Waals surface area contributed by atoms with Gasteiger partial charge in [-0.1, -0.05) is 12.8 Å². The molecule has 0 aromatic rings. The molecular weight excluding hydrogens is 241 g/mol. The van der Waals surface area contributed by atoms with Crippen molar-refractivity contribution in [2.75, 3.05) is 19.8 Å². The zero-order valence-electron chi connectivity index (χ0n) is 12.0. The molecular formula is C16H28FNO. The third-order valence-corrected chi connectivity index (χ3v) is 5.99. The second-order valence-corrected chi connectivity index (χ2v) is 7.17. The Kier molecular flexibility index (Phi) is 4.14. The van der Waals surface area contributed by atoms with E-state index in [9.17, 15) is 9.50 Å². The Balaban J connectivity index is 1.74. The van der Waals surface area contributed by atoms with Crippen molar-refractivity contribution in [3.05, 3.63) is 0 Å². The number of piperidine rings is 1. The number of alkyl halides is 1. The van der Waals surface area contributed by atoms with E-state index in [0.717, 1.165) is 38.8 Å². The van der Waals surface area contributed by atoms with Crippen LogP contribution in [0.5, 0.6) is 0 Å². The van der Waals surface area contributed by atoms with Gasteiger partial charge in [-0.05, 0) is 56.9 Å². The lowest BCUT2D eigenvalue weighted by Gasteiger charge is -2.50. The Morgan fingerprint density at radius 1 is 1.11 bits per heavy atom. The zero-order valence-corrected chi connectivity index (χ0v) is 12.0. The maximum absolute atomic E-state index is 13.0. The van der Waals surface area contributed by atoms with Gasteiger partial charge >= 0.3 is 0 Å². The normalized spacial score (nSPS) is 39.8. The zero-order chi connectivity index (χ0) is 13.3. The summed E-state index contributed by atoms with van der Waals surface area (Å²) in [5.74, 6) is 0.242. The van der Waals surface area contributed by atoms with Gasteiger partial charge in [0.05, 0.1) is 12.8 Å². The lowest BCUT2D eigenvalue weighted by atomic mass is 9.67. The summed E-state index contributed by atoms with van der Waals surface area (Å²) >= 11 is 0. The van der Waals surface area contributed by atoms with E-state index in [4.69, 9.17) is 0 Å². The highest BCUT2D eigenvalue weighted by Gasteiger charge is 2.47. The highest BCUT2D eigenvalue weighted by Crippen LogP contribution is 2.51. The number of hydrogen-bond acceptors (Lipinski definition) is 2. The molecule has 3 aliphatic rings. The van der Waals surface area contributed by atoms with E-state index in [1.54, 1.807) is 0 Å². The van der Waals surface area contributed by atoms with Crippen LogP contribution in [0.4, 0.5) is 4.39 Å². The summed E-state index contributed by atoms with van der Waals surface area (Å²) in [5.41, 5.74) is 0.456. The topological polar surface area (TPSA) is 23.5 Å². The fourth-order valence-corrected chi connectivity index (χ4v) is 4.95. The van der Waals surface area contributed by atoms with Crippen LogP contribution in [0.2, 0.25) is 0 Å². The van der Waals surface area contributed by atoms with Crippen molar-refractivity contribution in [2.45, 2.75) is 69.9 Å². The predicted octanol–water partition coefficient (Wildman–Crippen LogP) is 3.14. The molecule has 3 atom stereocenters. The quantitative estimate of drug-likeness (QED) is 0.832. The molecule has 1 saturated heterocycles. The molecule has 1 N–H and O–H groups in total. The summed E-state index contributed by atoms with van der Waals surface area (Å²) in [7, 11) is 0. The highest BCUT2D eigenvalue weighted by molar-refractivity contribution is 5.01. The first-order valence-corrected chi connectivity index (χ1v) is 8.21. The molecule has 0 aromatic heterocycles. The number of nitrogens with zero attached hydrogens (tertiary/aromatic N) is 1. The Bertz CT molecular complexity index is 303. The van der Waals surface area contributed by atoms with Crippen LogP contribution in [0.3, 0.4) is 0 Å². The number of hydrogen-bond donors (Lipinski definition) is 1. The van der Waals surface area contributed by atoms with Crippen molar-refractivity contribution in [1.82, 2.24) is 4.90 Å². The highest BCUT2D eigenvalue weighted by atomic mass is 19.1. The minimum absolute atomic E-state index is 0.123. The van der Waals surface area contributed by atoms with Gasteiger partial charge in [0.25, 0.3) is 0 Å². The molecule has 19 heavy (non-hydrogen) atoms. The molecule has 2 nitrogen and oxygen atoms in total. The smallest absolute Gasteiger partial charge is 0.0934 e. The van der Waals surface area contributed by atoms with Crippen molar-refractivity contribution in [2.24, 2.45) is 11.3 Å². The summed E-state index contributed by atoms with van der Waals surface area (Å²) in [6, 6.07) is 0.521. The van der Waals surface area contributed by atoms with Gasteiger partial charge in [0.2, 0.25) is 0 Å². The van der Waals surface area contributed by atoms with Gasteiger partial charge in [-0.15, -0.1) is 0 Å². The van der Waals surface area contributed by atoms with Crippen molar-refractivity contribution in [3.63, 3.8) is 0 Å². The summed E-state index contributed by atoms with van der Waals surface area (Å²) in [6.45, 7) is 1.88. The molecule has 110 valence electrons. The van der Waals surface area contributed by atoms with Crippen LogP contribution < -0.4 is 0 Å². The van der Waals surface area contributed by atoms with Gasteiger partial charge < -0.3 is 5.11 Å². The SMILES string of the molecule is OC1CCC2(CCCC2)C(N2CCCC(CF)C2)C1. The molecule has 1 spiro atoms. The molecule has 1 heterocycles. The van der Waals surface area contributed by atoms with Crippen molar-refractivity contribution in [1.29, 1.82) is 0 Å². The molecule has 3 fully saturated rings. The summed E-state index contributed by atoms with van der Waals surface area (Å²) < 4.78 is 13.0. The molecule has 0 bridgehead atoms. The average Bonchev–Trinajstić information content (AvgIpc) is 2.91. The first kappa shape index (κ1) is 13.8. The third kappa shape index (κ3) is 2.69. The minimum Gasteiger partial charge on any atom is -0.393 e. The van der Waals surface area contributed by atoms with E-state index in [2.05, 4.69) is 4.90 Å². The van der Waals surface area contributed by atoms with Crippen LogP contribution in [0.15, 0.2) is 0 Å². The summed E-state index contributed by atoms with van der Waals surface area (Å²) in [4.78, 5) is 2.54. The molecule has 2 aliphatic carbocycles. The van der Waals surface area contributed by atoms with Crippen molar-refractivity contribution >= 4 is 0 Å². The van der Waals surface area contributed by atoms with E-state index in [1.807, 2.05) is 0 Å².